The van der Waals surface area contributed by atoms with Crippen molar-refractivity contribution in [1.82, 2.24) is 20.0 Å². The summed E-state index contributed by atoms with van der Waals surface area (Å²) in [5, 5.41) is 16.7. The van der Waals surface area contributed by atoms with E-state index >= 15 is 0 Å². The SMILES string of the molecule is O=C(NCCCN1CCC(O)CC1)c1ccccc1-n1cccn1. The summed E-state index contributed by atoms with van der Waals surface area (Å²) in [6.07, 6.45) is 6.00. The number of carbonyl (C=O) groups excluding carboxylic acids is 1. The van der Waals surface area contributed by atoms with Crippen molar-refractivity contribution in [2.45, 2.75) is 25.4 Å². The summed E-state index contributed by atoms with van der Waals surface area (Å²) >= 11 is 0. The van der Waals surface area contributed by atoms with Crippen LogP contribution >= 0.6 is 0 Å². The maximum atomic E-state index is 12.5. The average molecular weight is 328 g/mol. The molecule has 2 aromatic rings. The Labute approximate surface area is 142 Å². The van der Waals surface area contributed by atoms with Crippen molar-refractivity contribution in [3.8, 4) is 5.69 Å². The summed E-state index contributed by atoms with van der Waals surface area (Å²) in [5.41, 5.74) is 1.41. The minimum absolute atomic E-state index is 0.0739. The molecule has 0 aliphatic carbocycles. The van der Waals surface area contributed by atoms with Gasteiger partial charge in [0.15, 0.2) is 0 Å². The summed E-state index contributed by atoms with van der Waals surface area (Å²) in [6.45, 7) is 3.48. The van der Waals surface area contributed by atoms with Gasteiger partial charge in [0.1, 0.15) is 0 Å². The third-order valence-electron chi connectivity index (χ3n) is 4.39. The summed E-state index contributed by atoms with van der Waals surface area (Å²) in [5.74, 6) is -0.0739. The Bertz CT molecular complexity index is 649. The van der Waals surface area contributed by atoms with Gasteiger partial charge in [0.05, 0.1) is 17.4 Å². The minimum Gasteiger partial charge on any atom is -0.393 e. The fourth-order valence-electron chi connectivity index (χ4n) is 3.02. The first-order valence-electron chi connectivity index (χ1n) is 8.52. The van der Waals surface area contributed by atoms with Crippen LogP contribution < -0.4 is 5.32 Å². The minimum atomic E-state index is -0.139. The molecule has 6 heteroatoms. The highest BCUT2D eigenvalue weighted by Gasteiger charge is 2.16. The van der Waals surface area contributed by atoms with E-state index in [1.807, 2.05) is 36.5 Å². The zero-order chi connectivity index (χ0) is 16.8. The molecule has 0 saturated carbocycles. The van der Waals surface area contributed by atoms with E-state index in [1.54, 1.807) is 10.9 Å². The smallest absolute Gasteiger partial charge is 0.253 e. The highest BCUT2D eigenvalue weighted by Crippen LogP contribution is 2.13. The Morgan fingerprint density at radius 1 is 1.25 bits per heavy atom. The highest BCUT2D eigenvalue weighted by molar-refractivity contribution is 5.97. The monoisotopic (exact) mass is 328 g/mol. The molecule has 1 amide bonds. The Balaban J connectivity index is 1.49. The lowest BCUT2D eigenvalue weighted by molar-refractivity contribution is 0.0816. The van der Waals surface area contributed by atoms with Gasteiger partial charge in [0.2, 0.25) is 0 Å². The van der Waals surface area contributed by atoms with Crippen LogP contribution in [0.5, 0.6) is 0 Å². The van der Waals surface area contributed by atoms with Gasteiger partial charge in [-0.15, -0.1) is 0 Å². The Hall–Kier alpha value is -2.18. The number of aromatic nitrogens is 2. The third-order valence-corrected chi connectivity index (χ3v) is 4.39. The molecule has 3 rings (SSSR count). The maximum absolute atomic E-state index is 12.5. The van der Waals surface area contributed by atoms with Crippen molar-refractivity contribution in [1.29, 1.82) is 0 Å². The Kier molecular flexibility index (Phi) is 5.61. The van der Waals surface area contributed by atoms with Gasteiger partial charge in [-0.2, -0.15) is 5.10 Å². The number of piperidine rings is 1. The van der Waals surface area contributed by atoms with Gasteiger partial charge >= 0.3 is 0 Å². The van der Waals surface area contributed by atoms with Crippen LogP contribution in [0.1, 0.15) is 29.6 Å². The van der Waals surface area contributed by atoms with E-state index < -0.39 is 0 Å². The number of rotatable bonds is 6. The first-order valence-corrected chi connectivity index (χ1v) is 8.52. The number of carbonyl (C=O) groups is 1. The predicted molar refractivity (Wildman–Crippen MR) is 92.2 cm³/mol. The first kappa shape index (κ1) is 16.7. The summed E-state index contributed by atoms with van der Waals surface area (Å²) in [4.78, 5) is 14.8. The van der Waals surface area contributed by atoms with E-state index in [-0.39, 0.29) is 12.0 Å². The topological polar surface area (TPSA) is 70.4 Å². The molecular weight excluding hydrogens is 304 g/mol. The predicted octanol–water partition coefficient (Wildman–Crippen LogP) is 1.45. The highest BCUT2D eigenvalue weighted by atomic mass is 16.3. The molecule has 1 aromatic carbocycles. The van der Waals surface area contributed by atoms with Gasteiger partial charge in [-0.05, 0) is 44.0 Å². The fourth-order valence-corrected chi connectivity index (χ4v) is 3.02. The van der Waals surface area contributed by atoms with Crippen molar-refractivity contribution < 1.29 is 9.90 Å². The van der Waals surface area contributed by atoms with E-state index in [0.29, 0.717) is 12.1 Å². The summed E-state index contributed by atoms with van der Waals surface area (Å²) in [6, 6.07) is 9.31. The fraction of sp³-hybridized carbons (Fsp3) is 0.444. The standard InChI is InChI=1S/C18H24N4O2/c23-15-7-13-21(14-8-15)11-3-9-19-18(24)16-5-1-2-6-17(16)22-12-4-10-20-22/h1-2,4-6,10,12,15,23H,3,7-9,11,13-14H2,(H,19,24). The Morgan fingerprint density at radius 2 is 2.04 bits per heavy atom. The molecular formula is C18H24N4O2. The van der Waals surface area contributed by atoms with Crippen molar-refractivity contribution in [3.05, 3.63) is 48.3 Å². The molecule has 0 unspecified atom stereocenters. The molecule has 0 bridgehead atoms. The van der Waals surface area contributed by atoms with Crippen LogP contribution in [0.4, 0.5) is 0 Å². The van der Waals surface area contributed by atoms with Gasteiger partial charge < -0.3 is 15.3 Å². The first-order chi connectivity index (χ1) is 11.7. The van der Waals surface area contributed by atoms with E-state index in [4.69, 9.17) is 0 Å². The molecule has 0 spiro atoms. The lowest BCUT2D eigenvalue weighted by Gasteiger charge is -2.29. The number of para-hydroxylation sites is 1. The number of hydrogen-bond acceptors (Lipinski definition) is 4. The number of likely N-dealkylation sites (tertiary alicyclic amines) is 1. The zero-order valence-corrected chi connectivity index (χ0v) is 13.8. The van der Waals surface area contributed by atoms with E-state index in [1.165, 1.54) is 0 Å². The molecule has 1 aliphatic heterocycles. The number of aliphatic hydroxyl groups excluding tert-OH is 1. The molecule has 0 atom stereocenters. The molecule has 1 fully saturated rings. The lowest BCUT2D eigenvalue weighted by atomic mass is 10.1. The molecule has 24 heavy (non-hydrogen) atoms. The molecule has 1 aromatic heterocycles. The van der Waals surface area contributed by atoms with Crippen molar-refractivity contribution in [3.63, 3.8) is 0 Å². The van der Waals surface area contributed by atoms with Crippen LogP contribution in [-0.4, -0.2) is 58.0 Å². The van der Waals surface area contributed by atoms with Gasteiger partial charge in [-0.25, -0.2) is 4.68 Å². The molecule has 2 heterocycles. The number of aliphatic hydroxyl groups is 1. The second-order valence-corrected chi connectivity index (χ2v) is 6.15. The third kappa shape index (κ3) is 4.21. The summed E-state index contributed by atoms with van der Waals surface area (Å²) < 4.78 is 1.70. The zero-order valence-electron chi connectivity index (χ0n) is 13.8. The summed E-state index contributed by atoms with van der Waals surface area (Å²) in [7, 11) is 0. The number of nitrogens with one attached hydrogen (secondary N) is 1. The van der Waals surface area contributed by atoms with Gasteiger partial charge in [-0.1, -0.05) is 12.1 Å². The van der Waals surface area contributed by atoms with Crippen LogP contribution in [0.2, 0.25) is 0 Å². The van der Waals surface area contributed by atoms with Gasteiger partial charge in [0, 0.05) is 32.0 Å². The lowest BCUT2D eigenvalue weighted by Crippen LogP contribution is -2.37. The number of benzene rings is 1. The van der Waals surface area contributed by atoms with Crippen LogP contribution in [0.25, 0.3) is 5.69 Å². The molecule has 6 nitrogen and oxygen atoms in total. The maximum Gasteiger partial charge on any atom is 0.253 e. The van der Waals surface area contributed by atoms with Crippen LogP contribution in [0.15, 0.2) is 42.7 Å². The molecule has 0 radical (unpaired) electrons. The quantitative estimate of drug-likeness (QED) is 0.788. The molecule has 1 saturated heterocycles. The van der Waals surface area contributed by atoms with Crippen LogP contribution in [0, 0.1) is 0 Å². The largest absolute Gasteiger partial charge is 0.393 e. The van der Waals surface area contributed by atoms with Crippen LogP contribution in [-0.2, 0) is 0 Å². The molecule has 1 aliphatic rings. The molecule has 2 N–H and O–H groups in total. The second kappa shape index (κ2) is 8.08. The average Bonchev–Trinajstić information content (AvgIpc) is 3.14. The number of nitrogens with zero attached hydrogens (tertiary/aromatic N) is 3. The van der Waals surface area contributed by atoms with Crippen molar-refractivity contribution in [2.24, 2.45) is 0 Å². The van der Waals surface area contributed by atoms with Crippen LogP contribution in [0.3, 0.4) is 0 Å². The number of hydrogen-bond donors (Lipinski definition) is 2. The van der Waals surface area contributed by atoms with Crippen molar-refractivity contribution >= 4 is 5.91 Å². The van der Waals surface area contributed by atoms with E-state index in [9.17, 15) is 9.90 Å². The van der Waals surface area contributed by atoms with Crippen molar-refractivity contribution in [2.75, 3.05) is 26.2 Å². The second-order valence-electron chi connectivity index (χ2n) is 6.15. The van der Waals surface area contributed by atoms with Gasteiger partial charge in [0.25, 0.3) is 5.91 Å². The number of amides is 1. The Morgan fingerprint density at radius 3 is 2.79 bits per heavy atom. The molecule has 128 valence electrons. The van der Waals surface area contributed by atoms with E-state index in [0.717, 1.165) is 44.6 Å². The normalized spacial score (nSPS) is 16.2. The van der Waals surface area contributed by atoms with E-state index in [2.05, 4.69) is 15.3 Å². The van der Waals surface area contributed by atoms with Gasteiger partial charge in [-0.3, -0.25) is 4.79 Å².